The second-order valence-corrected chi connectivity index (χ2v) is 8.16. The second kappa shape index (κ2) is 6.59. The maximum atomic E-state index is 9.05. The quantitative estimate of drug-likeness (QED) is 0.366. The first-order chi connectivity index (χ1) is 14.1. The average molecular weight is 385 g/mol. The molecule has 0 N–H and O–H groups in total. The molecule has 0 saturated carbocycles. The monoisotopic (exact) mass is 385 g/mol. The van der Waals surface area contributed by atoms with Gasteiger partial charge in [0.15, 0.2) is 0 Å². The molecule has 4 heterocycles. The van der Waals surface area contributed by atoms with Gasteiger partial charge in [0.05, 0.1) is 11.2 Å². The smallest absolute Gasteiger partial charge is 0.212 e. The van der Waals surface area contributed by atoms with Crippen molar-refractivity contribution in [3.8, 4) is 17.5 Å². The number of likely N-dealkylation sites (tertiary alicyclic amines) is 1. The number of nitriles is 1. The number of guanidine groups is 1. The zero-order chi connectivity index (χ0) is 20.0. The van der Waals surface area contributed by atoms with Gasteiger partial charge in [0, 0.05) is 62.0 Å². The van der Waals surface area contributed by atoms with E-state index in [1.165, 1.54) is 5.69 Å². The fraction of sp³-hybridized carbons (Fsp3) is 0.364. The summed E-state index contributed by atoms with van der Waals surface area (Å²) in [6.07, 6.45) is 5.99. The van der Waals surface area contributed by atoms with E-state index in [2.05, 4.69) is 37.8 Å². The third-order valence-corrected chi connectivity index (χ3v) is 6.20. The van der Waals surface area contributed by atoms with Gasteiger partial charge in [-0.1, -0.05) is 18.2 Å². The Morgan fingerprint density at radius 2 is 2.03 bits per heavy atom. The Hall–Kier alpha value is -3.40. The number of aromatic nitrogens is 3. The summed E-state index contributed by atoms with van der Waals surface area (Å²) in [5, 5.41) is 15.1. The van der Waals surface area contributed by atoms with E-state index < -0.39 is 0 Å². The Kier molecular flexibility index (Phi) is 4.02. The molecule has 1 spiro atoms. The summed E-state index contributed by atoms with van der Waals surface area (Å²) in [6.45, 7) is 2.69. The summed E-state index contributed by atoms with van der Waals surface area (Å²) < 4.78 is 2.16. The van der Waals surface area contributed by atoms with Crippen LogP contribution in [0.2, 0.25) is 0 Å². The summed E-state index contributed by atoms with van der Waals surface area (Å²) in [7, 11) is 3.87. The third kappa shape index (κ3) is 2.83. The molecule has 2 aliphatic rings. The van der Waals surface area contributed by atoms with Gasteiger partial charge in [-0.05, 0) is 31.0 Å². The van der Waals surface area contributed by atoms with Crippen LogP contribution in [0.5, 0.6) is 0 Å². The van der Waals surface area contributed by atoms with Gasteiger partial charge in [0.2, 0.25) is 12.2 Å². The van der Waals surface area contributed by atoms with Gasteiger partial charge in [-0.3, -0.25) is 9.67 Å². The lowest BCUT2D eigenvalue weighted by atomic mass is 9.82. The van der Waals surface area contributed by atoms with Crippen LogP contribution >= 0.6 is 0 Å². The van der Waals surface area contributed by atoms with Gasteiger partial charge in [0.1, 0.15) is 0 Å². The van der Waals surface area contributed by atoms with Crippen molar-refractivity contribution in [2.45, 2.75) is 24.8 Å². The van der Waals surface area contributed by atoms with Crippen molar-refractivity contribution < 1.29 is 0 Å². The number of fused-ring (bicyclic) bond motifs is 3. The Labute approximate surface area is 169 Å². The highest BCUT2D eigenvalue weighted by Crippen LogP contribution is 2.44. The number of benzene rings is 1. The first-order valence-electron chi connectivity index (χ1n) is 9.92. The van der Waals surface area contributed by atoms with Gasteiger partial charge in [-0.25, -0.2) is 0 Å². The van der Waals surface area contributed by atoms with Crippen molar-refractivity contribution in [2.75, 3.05) is 27.2 Å². The standard InChI is InChI=1S/C22H23N7/c1-27(2)21(25-15-23)28-9-7-22(14-28)8-10-29-20(22)12-19(26-29)17-11-16-5-3-4-6-18(16)24-13-17/h3-6,11-13H,7-10,14H2,1-2H3/b25-21+. The maximum Gasteiger partial charge on any atom is 0.212 e. The van der Waals surface area contributed by atoms with Crippen LogP contribution in [0.1, 0.15) is 18.5 Å². The van der Waals surface area contributed by atoms with Gasteiger partial charge in [-0.2, -0.15) is 10.4 Å². The molecule has 0 amide bonds. The van der Waals surface area contributed by atoms with Crippen LogP contribution < -0.4 is 0 Å². The number of nitrogens with zero attached hydrogens (tertiary/aromatic N) is 7. The van der Waals surface area contributed by atoms with Crippen molar-refractivity contribution >= 4 is 16.9 Å². The molecule has 7 heteroatoms. The first-order valence-corrected chi connectivity index (χ1v) is 9.92. The molecule has 1 fully saturated rings. The second-order valence-electron chi connectivity index (χ2n) is 8.16. The predicted octanol–water partition coefficient (Wildman–Crippen LogP) is 2.84. The van der Waals surface area contributed by atoms with Crippen LogP contribution in [0.3, 0.4) is 0 Å². The first kappa shape index (κ1) is 17.7. The third-order valence-electron chi connectivity index (χ3n) is 6.20. The zero-order valence-electron chi connectivity index (χ0n) is 16.7. The number of pyridine rings is 1. The largest absolute Gasteiger partial charge is 0.348 e. The molecule has 7 nitrogen and oxygen atoms in total. The maximum absolute atomic E-state index is 9.05. The van der Waals surface area contributed by atoms with Crippen molar-refractivity contribution in [1.82, 2.24) is 24.6 Å². The Balaban J connectivity index is 1.47. The Morgan fingerprint density at radius 1 is 1.21 bits per heavy atom. The average Bonchev–Trinajstić information content (AvgIpc) is 3.42. The van der Waals surface area contributed by atoms with Crippen LogP contribution in [0.15, 0.2) is 47.6 Å². The van der Waals surface area contributed by atoms with Gasteiger partial charge < -0.3 is 9.80 Å². The minimum Gasteiger partial charge on any atom is -0.348 e. The molecule has 0 bridgehead atoms. The molecular weight excluding hydrogens is 362 g/mol. The van der Waals surface area contributed by atoms with E-state index in [4.69, 9.17) is 10.4 Å². The molecule has 0 aliphatic carbocycles. The van der Waals surface area contributed by atoms with Crippen molar-refractivity contribution in [2.24, 2.45) is 4.99 Å². The predicted molar refractivity (Wildman–Crippen MR) is 112 cm³/mol. The summed E-state index contributed by atoms with van der Waals surface area (Å²) in [4.78, 5) is 12.8. The molecule has 1 aromatic carbocycles. The van der Waals surface area contributed by atoms with Gasteiger partial charge >= 0.3 is 0 Å². The van der Waals surface area contributed by atoms with Crippen LogP contribution in [-0.4, -0.2) is 57.7 Å². The molecule has 1 atom stereocenters. The number of hydrogen-bond donors (Lipinski definition) is 0. The number of aliphatic imine (C=N–C) groups is 1. The summed E-state index contributed by atoms with van der Waals surface area (Å²) in [5.74, 6) is 0.737. The van der Waals surface area contributed by atoms with E-state index in [0.29, 0.717) is 0 Å². The van der Waals surface area contributed by atoms with E-state index in [-0.39, 0.29) is 5.41 Å². The summed E-state index contributed by atoms with van der Waals surface area (Å²) >= 11 is 0. The number of rotatable bonds is 1. The Bertz CT molecular complexity index is 1150. The minimum atomic E-state index is 0.0712. The molecule has 2 aliphatic heterocycles. The molecule has 146 valence electrons. The molecule has 1 saturated heterocycles. The van der Waals surface area contributed by atoms with E-state index in [1.807, 2.05) is 49.6 Å². The van der Waals surface area contributed by atoms with E-state index in [0.717, 1.165) is 60.6 Å². The van der Waals surface area contributed by atoms with E-state index >= 15 is 0 Å². The number of hydrogen-bond acceptors (Lipinski definition) is 4. The van der Waals surface area contributed by atoms with Crippen molar-refractivity contribution in [1.29, 1.82) is 5.26 Å². The lowest BCUT2D eigenvalue weighted by molar-refractivity contribution is 0.385. The minimum absolute atomic E-state index is 0.0712. The van der Waals surface area contributed by atoms with E-state index in [1.54, 1.807) is 0 Å². The molecule has 29 heavy (non-hydrogen) atoms. The topological polar surface area (TPSA) is 73.3 Å². The van der Waals surface area contributed by atoms with Gasteiger partial charge in [0.25, 0.3) is 0 Å². The van der Waals surface area contributed by atoms with Crippen LogP contribution in [0.4, 0.5) is 0 Å². The van der Waals surface area contributed by atoms with Crippen LogP contribution in [-0.2, 0) is 12.0 Å². The Morgan fingerprint density at radius 3 is 2.86 bits per heavy atom. The lowest BCUT2D eigenvalue weighted by Crippen LogP contribution is -2.41. The molecule has 2 aromatic heterocycles. The van der Waals surface area contributed by atoms with Crippen molar-refractivity contribution in [3.63, 3.8) is 0 Å². The summed E-state index contributed by atoms with van der Waals surface area (Å²) in [5.41, 5.74) is 4.39. The van der Waals surface area contributed by atoms with Crippen LogP contribution in [0, 0.1) is 11.5 Å². The lowest BCUT2D eigenvalue weighted by Gasteiger charge is -2.27. The molecule has 3 aromatic rings. The molecule has 5 rings (SSSR count). The highest BCUT2D eigenvalue weighted by molar-refractivity contribution is 5.83. The summed E-state index contributed by atoms with van der Waals surface area (Å²) in [6, 6.07) is 12.6. The van der Waals surface area contributed by atoms with Crippen molar-refractivity contribution in [3.05, 3.63) is 48.3 Å². The SMILES string of the molecule is CN(C)/C(=N\C#N)N1CCC2(CCn3nc(-c4cnc5ccccc5c4)cc32)C1. The normalized spacial score (nSPS) is 21.0. The fourth-order valence-corrected chi connectivity index (χ4v) is 4.77. The molecular formula is C22H23N7. The van der Waals surface area contributed by atoms with Gasteiger partial charge in [-0.15, -0.1) is 4.99 Å². The highest BCUT2D eigenvalue weighted by atomic mass is 15.4. The number of aryl methyl sites for hydroxylation is 1. The highest BCUT2D eigenvalue weighted by Gasteiger charge is 2.46. The number of para-hydroxylation sites is 1. The van der Waals surface area contributed by atoms with Crippen LogP contribution in [0.25, 0.3) is 22.2 Å². The molecule has 0 radical (unpaired) electrons. The zero-order valence-corrected chi connectivity index (χ0v) is 16.7. The fourth-order valence-electron chi connectivity index (χ4n) is 4.77. The van der Waals surface area contributed by atoms with E-state index in [9.17, 15) is 0 Å². The molecule has 1 unspecified atom stereocenters.